The van der Waals surface area contributed by atoms with Gasteiger partial charge < -0.3 is 9.47 Å². The highest BCUT2D eigenvalue weighted by Crippen LogP contribution is 2.46. The van der Waals surface area contributed by atoms with Gasteiger partial charge in [-0.15, -0.1) is 0 Å². The summed E-state index contributed by atoms with van der Waals surface area (Å²) in [6, 6.07) is 5.60. The molecule has 0 unspecified atom stereocenters. The molecule has 6 heteroatoms. The van der Waals surface area contributed by atoms with Gasteiger partial charge >= 0.3 is 0 Å². The number of rotatable bonds is 4. The molecule has 134 valence electrons. The number of nitrogens with zero attached hydrogens (tertiary/aromatic N) is 2. The van der Waals surface area contributed by atoms with Crippen LogP contribution in [0.4, 0.5) is 0 Å². The average Bonchev–Trinajstić information content (AvgIpc) is 2.59. The van der Waals surface area contributed by atoms with Crippen molar-refractivity contribution in [3.63, 3.8) is 0 Å². The Morgan fingerprint density at radius 3 is 2.52 bits per heavy atom. The van der Waals surface area contributed by atoms with Gasteiger partial charge in [0.2, 0.25) is 5.91 Å². The number of benzene rings is 1. The zero-order valence-corrected chi connectivity index (χ0v) is 15.2. The van der Waals surface area contributed by atoms with Crippen LogP contribution in [0.5, 0.6) is 11.5 Å². The van der Waals surface area contributed by atoms with E-state index in [4.69, 9.17) is 9.47 Å². The number of amides is 1. The Labute approximate surface area is 148 Å². The fourth-order valence-corrected chi connectivity index (χ4v) is 3.89. The lowest BCUT2D eigenvalue weighted by Crippen LogP contribution is -2.47. The number of para-hydroxylation sites is 1. The number of methoxy groups -OCH3 is 2. The van der Waals surface area contributed by atoms with Crippen LogP contribution in [0.3, 0.4) is 0 Å². The lowest BCUT2D eigenvalue weighted by molar-refractivity contribution is -0.143. The number of ether oxygens (including phenoxy) is 2. The van der Waals surface area contributed by atoms with E-state index >= 15 is 0 Å². The fraction of sp³-hybridized carbons (Fsp3) is 0.474. The van der Waals surface area contributed by atoms with Gasteiger partial charge in [-0.3, -0.25) is 9.59 Å². The third-order valence-electron chi connectivity index (χ3n) is 4.86. The standard InChI is InChI=1S/C19H24N2O4/c1-20(2)21-14-8-6-9-15(22)18(14)13(11-17(21)23)12-7-5-10-16(24-3)19(12)25-4/h5,7,10,13H,6,8-9,11H2,1-4H3/t13-/m1/s1. The molecule has 0 saturated carbocycles. The second-order valence-corrected chi connectivity index (χ2v) is 6.53. The first-order valence-electron chi connectivity index (χ1n) is 8.46. The zero-order valence-electron chi connectivity index (χ0n) is 15.2. The first-order valence-corrected chi connectivity index (χ1v) is 8.46. The molecule has 25 heavy (non-hydrogen) atoms. The molecule has 3 rings (SSSR count). The molecule has 1 aromatic rings. The predicted molar refractivity (Wildman–Crippen MR) is 93.3 cm³/mol. The number of hydrazine groups is 1. The summed E-state index contributed by atoms with van der Waals surface area (Å²) < 4.78 is 10.9. The van der Waals surface area contributed by atoms with E-state index in [1.54, 1.807) is 24.2 Å². The molecule has 1 amide bonds. The van der Waals surface area contributed by atoms with E-state index in [0.29, 0.717) is 17.9 Å². The molecule has 0 N–H and O–H groups in total. The summed E-state index contributed by atoms with van der Waals surface area (Å²) in [5.41, 5.74) is 2.40. The number of carbonyl (C=O) groups excluding carboxylic acids is 2. The molecule has 1 atom stereocenters. The van der Waals surface area contributed by atoms with E-state index in [9.17, 15) is 9.59 Å². The maximum Gasteiger partial charge on any atom is 0.242 e. The Bertz CT molecular complexity index is 739. The van der Waals surface area contributed by atoms with Gasteiger partial charge in [-0.1, -0.05) is 12.1 Å². The highest BCUT2D eigenvalue weighted by molar-refractivity contribution is 6.01. The van der Waals surface area contributed by atoms with Crippen molar-refractivity contribution >= 4 is 11.7 Å². The third-order valence-corrected chi connectivity index (χ3v) is 4.86. The first kappa shape index (κ1) is 17.5. The van der Waals surface area contributed by atoms with E-state index in [2.05, 4.69) is 0 Å². The molecular weight excluding hydrogens is 320 g/mol. The third kappa shape index (κ3) is 2.91. The molecule has 0 aromatic heterocycles. The maximum absolute atomic E-state index is 12.8. The molecule has 1 aliphatic carbocycles. The second kappa shape index (κ2) is 6.88. The number of ketones is 1. The Morgan fingerprint density at radius 1 is 1.12 bits per heavy atom. The van der Waals surface area contributed by atoms with E-state index in [0.717, 1.165) is 29.7 Å². The molecule has 2 aliphatic rings. The Hall–Kier alpha value is -2.34. The van der Waals surface area contributed by atoms with Crippen molar-refractivity contribution in [1.29, 1.82) is 0 Å². The maximum atomic E-state index is 12.8. The largest absolute Gasteiger partial charge is 0.493 e. The number of allylic oxidation sites excluding steroid dienone is 2. The lowest BCUT2D eigenvalue weighted by atomic mass is 9.77. The van der Waals surface area contributed by atoms with E-state index < -0.39 is 0 Å². The number of Topliss-reactive ketones (excluding diaryl/α,β-unsaturated/α-hetero) is 1. The predicted octanol–water partition coefficient (Wildman–Crippen LogP) is 2.50. The topological polar surface area (TPSA) is 59.1 Å². The van der Waals surface area contributed by atoms with Crippen LogP contribution in [-0.4, -0.2) is 50.0 Å². The van der Waals surface area contributed by atoms with Crippen molar-refractivity contribution in [1.82, 2.24) is 10.0 Å². The van der Waals surface area contributed by atoms with Gasteiger partial charge in [0.15, 0.2) is 17.3 Å². The highest BCUT2D eigenvalue weighted by Gasteiger charge is 2.41. The minimum atomic E-state index is -0.295. The van der Waals surface area contributed by atoms with Crippen LogP contribution in [0.15, 0.2) is 29.5 Å². The van der Waals surface area contributed by atoms with Crippen LogP contribution in [0, 0.1) is 0 Å². The van der Waals surface area contributed by atoms with Crippen molar-refractivity contribution in [2.75, 3.05) is 28.3 Å². The molecule has 0 saturated heterocycles. The van der Waals surface area contributed by atoms with Gasteiger partial charge in [0.05, 0.1) is 14.2 Å². The van der Waals surface area contributed by atoms with Gasteiger partial charge in [0.1, 0.15) is 0 Å². The molecule has 1 heterocycles. The minimum absolute atomic E-state index is 0.00618. The Balaban J connectivity index is 2.18. The second-order valence-electron chi connectivity index (χ2n) is 6.53. The molecule has 0 spiro atoms. The average molecular weight is 344 g/mol. The zero-order chi connectivity index (χ0) is 18.1. The smallest absolute Gasteiger partial charge is 0.242 e. The van der Waals surface area contributed by atoms with Gasteiger partial charge in [-0.2, -0.15) is 0 Å². The van der Waals surface area contributed by atoms with Crippen molar-refractivity contribution in [3.05, 3.63) is 35.0 Å². The quantitative estimate of drug-likeness (QED) is 0.840. The summed E-state index contributed by atoms with van der Waals surface area (Å²) >= 11 is 0. The van der Waals surface area contributed by atoms with Crippen LogP contribution in [0.25, 0.3) is 0 Å². The number of hydrogen-bond donors (Lipinski definition) is 0. The minimum Gasteiger partial charge on any atom is -0.493 e. The monoisotopic (exact) mass is 344 g/mol. The van der Waals surface area contributed by atoms with Crippen molar-refractivity contribution in [3.8, 4) is 11.5 Å². The summed E-state index contributed by atoms with van der Waals surface area (Å²) in [6.07, 6.45) is 2.27. The number of hydrogen-bond acceptors (Lipinski definition) is 5. The normalized spacial score (nSPS) is 20.8. The summed E-state index contributed by atoms with van der Waals surface area (Å²) in [5.74, 6) is 1.01. The SMILES string of the molecule is COc1cccc([C@H]2CC(=O)N(N(C)C)C3=C2C(=O)CCC3)c1OC. The molecule has 1 aliphatic heterocycles. The molecule has 0 fully saturated rings. The van der Waals surface area contributed by atoms with Crippen LogP contribution in [0.1, 0.15) is 37.2 Å². The van der Waals surface area contributed by atoms with Crippen molar-refractivity contribution in [2.45, 2.75) is 31.6 Å². The van der Waals surface area contributed by atoms with Gasteiger partial charge in [-0.25, -0.2) is 10.0 Å². The fourth-order valence-electron chi connectivity index (χ4n) is 3.89. The molecule has 0 bridgehead atoms. The van der Waals surface area contributed by atoms with Crippen LogP contribution in [-0.2, 0) is 9.59 Å². The highest BCUT2D eigenvalue weighted by atomic mass is 16.5. The number of carbonyl (C=O) groups is 2. The van der Waals surface area contributed by atoms with Gasteiger partial charge in [-0.05, 0) is 18.9 Å². The van der Waals surface area contributed by atoms with E-state index in [1.807, 2.05) is 32.3 Å². The Morgan fingerprint density at radius 2 is 1.88 bits per heavy atom. The summed E-state index contributed by atoms with van der Waals surface area (Å²) in [7, 11) is 6.82. The van der Waals surface area contributed by atoms with Crippen molar-refractivity contribution < 1.29 is 19.1 Å². The van der Waals surface area contributed by atoms with E-state index in [1.165, 1.54) is 0 Å². The molecule has 1 aromatic carbocycles. The van der Waals surface area contributed by atoms with Crippen LogP contribution < -0.4 is 9.47 Å². The Kier molecular flexibility index (Phi) is 4.81. The van der Waals surface area contributed by atoms with Crippen LogP contribution in [0.2, 0.25) is 0 Å². The summed E-state index contributed by atoms with van der Waals surface area (Å²) in [4.78, 5) is 25.6. The summed E-state index contributed by atoms with van der Waals surface area (Å²) in [5, 5.41) is 3.41. The lowest BCUT2D eigenvalue weighted by Gasteiger charge is -2.41. The first-order chi connectivity index (χ1) is 12.0. The molecular formula is C19H24N2O4. The van der Waals surface area contributed by atoms with Crippen LogP contribution >= 0.6 is 0 Å². The van der Waals surface area contributed by atoms with E-state index in [-0.39, 0.29) is 24.0 Å². The molecule has 0 radical (unpaired) electrons. The van der Waals surface area contributed by atoms with Crippen molar-refractivity contribution in [2.24, 2.45) is 0 Å². The molecule has 6 nitrogen and oxygen atoms in total. The van der Waals surface area contributed by atoms with Gasteiger partial charge in [0.25, 0.3) is 0 Å². The summed E-state index contributed by atoms with van der Waals surface area (Å²) in [6.45, 7) is 0. The van der Waals surface area contributed by atoms with Gasteiger partial charge in [0, 0.05) is 49.7 Å².